The predicted molar refractivity (Wildman–Crippen MR) is 51.4 cm³/mol. The van der Waals surface area contributed by atoms with Crippen LogP contribution < -0.4 is 0 Å². The molecule has 0 saturated heterocycles. The zero-order chi connectivity index (χ0) is 10.9. The molecule has 7 heteroatoms. The first-order valence-electron chi connectivity index (χ1n) is 3.52. The van der Waals surface area contributed by atoms with Gasteiger partial charge in [-0.05, 0) is 18.6 Å². The largest absolute Gasteiger partial charge is 0.288 e. The second-order valence-corrected chi connectivity index (χ2v) is 4.01. The summed E-state index contributed by atoms with van der Waals surface area (Å²) >= 11 is 5.64. The van der Waals surface area contributed by atoms with Crippen LogP contribution in [0, 0.1) is 17.0 Å². The van der Waals surface area contributed by atoms with Gasteiger partial charge >= 0.3 is 0 Å². The Morgan fingerprint density at radius 1 is 1.43 bits per heavy atom. The zero-order valence-electron chi connectivity index (χ0n) is 7.06. The topological polar surface area (TPSA) is 77.3 Å². The number of benzene rings is 1. The molecule has 1 aromatic rings. The highest BCUT2D eigenvalue weighted by atomic mass is 35.5. The monoisotopic (exact) mass is 235 g/mol. The van der Waals surface area contributed by atoms with E-state index in [-0.39, 0.29) is 9.92 Å². The van der Waals surface area contributed by atoms with Crippen LogP contribution in [0.5, 0.6) is 0 Å². The Hall–Kier alpha value is -1.14. The number of halogens is 1. The molecule has 0 bridgehead atoms. The highest BCUT2D eigenvalue weighted by molar-refractivity contribution is 7.72. The molecule has 0 unspecified atom stereocenters. The Kier molecular flexibility index (Phi) is 3.07. The number of nitro benzene ring substituents is 1. The van der Waals surface area contributed by atoms with E-state index in [0.717, 1.165) is 12.1 Å². The first-order valence-corrected chi connectivity index (χ1v) is 5.08. The van der Waals surface area contributed by atoms with Crippen molar-refractivity contribution in [2.45, 2.75) is 11.8 Å². The maximum Gasteiger partial charge on any atom is 0.288 e. The molecular weight excluding hydrogens is 230 g/mol. The van der Waals surface area contributed by atoms with E-state index < -0.39 is 21.3 Å². The Bertz CT molecular complexity index is 461. The SMILES string of the molecule is Cc1cc([N+](=O)[O-])c([SH](=O)=O)cc1Cl. The van der Waals surface area contributed by atoms with Gasteiger partial charge in [-0.3, -0.25) is 10.1 Å². The van der Waals surface area contributed by atoms with Crippen molar-refractivity contribution in [3.63, 3.8) is 0 Å². The van der Waals surface area contributed by atoms with Gasteiger partial charge < -0.3 is 0 Å². The molecular formula is C7H6ClNO4S. The van der Waals surface area contributed by atoms with Crippen molar-refractivity contribution >= 4 is 28.0 Å². The minimum atomic E-state index is -3.00. The second-order valence-electron chi connectivity index (χ2n) is 2.60. The molecule has 1 aromatic carbocycles. The lowest BCUT2D eigenvalue weighted by molar-refractivity contribution is -0.387. The molecule has 0 aliphatic rings. The Balaban J connectivity index is 3.54. The molecule has 0 fully saturated rings. The summed E-state index contributed by atoms with van der Waals surface area (Å²) in [5.41, 5.74) is 0.0296. The van der Waals surface area contributed by atoms with Crippen LogP contribution in [-0.2, 0) is 10.7 Å². The molecule has 0 radical (unpaired) electrons. The van der Waals surface area contributed by atoms with Crippen LogP contribution in [0.1, 0.15) is 5.56 Å². The smallest absolute Gasteiger partial charge is 0.258 e. The summed E-state index contributed by atoms with van der Waals surface area (Å²) in [5, 5.41) is 10.7. The van der Waals surface area contributed by atoms with E-state index in [0.29, 0.717) is 5.56 Å². The predicted octanol–water partition coefficient (Wildman–Crippen LogP) is 1.53. The van der Waals surface area contributed by atoms with E-state index in [4.69, 9.17) is 11.6 Å². The third-order valence-corrected chi connectivity index (χ3v) is 2.81. The van der Waals surface area contributed by atoms with Gasteiger partial charge in [0.15, 0.2) is 10.7 Å². The van der Waals surface area contributed by atoms with Gasteiger partial charge in [-0.1, -0.05) is 11.6 Å². The summed E-state index contributed by atoms with van der Waals surface area (Å²) in [6.45, 7) is 1.57. The average molecular weight is 236 g/mol. The Morgan fingerprint density at radius 3 is 2.43 bits per heavy atom. The van der Waals surface area contributed by atoms with Gasteiger partial charge in [-0.15, -0.1) is 0 Å². The molecule has 0 amide bonds. The number of thiol groups is 1. The first kappa shape index (κ1) is 10.9. The van der Waals surface area contributed by atoms with Gasteiger partial charge in [0.05, 0.1) is 4.92 Å². The first-order chi connectivity index (χ1) is 6.43. The normalized spacial score (nSPS) is 10.5. The van der Waals surface area contributed by atoms with E-state index in [1.807, 2.05) is 0 Å². The van der Waals surface area contributed by atoms with Crippen molar-refractivity contribution in [2.75, 3.05) is 0 Å². The highest BCUT2D eigenvalue weighted by Crippen LogP contribution is 2.27. The zero-order valence-corrected chi connectivity index (χ0v) is 8.71. The molecule has 0 N–H and O–H groups in total. The lowest BCUT2D eigenvalue weighted by Crippen LogP contribution is -1.95. The maximum atomic E-state index is 10.7. The van der Waals surface area contributed by atoms with Gasteiger partial charge in [-0.2, -0.15) is 0 Å². The molecule has 5 nitrogen and oxygen atoms in total. The lowest BCUT2D eigenvalue weighted by Gasteiger charge is -1.99. The van der Waals surface area contributed by atoms with E-state index in [1.54, 1.807) is 6.92 Å². The summed E-state index contributed by atoms with van der Waals surface area (Å²) in [5.74, 6) is 0. The number of hydrogen-bond acceptors (Lipinski definition) is 4. The fourth-order valence-electron chi connectivity index (χ4n) is 0.948. The third-order valence-electron chi connectivity index (χ3n) is 1.65. The minimum Gasteiger partial charge on any atom is -0.258 e. The van der Waals surface area contributed by atoms with Crippen LogP contribution in [0.15, 0.2) is 17.0 Å². The summed E-state index contributed by atoms with van der Waals surface area (Å²) < 4.78 is 21.3. The standard InChI is InChI=1S/C7H6ClNO4S/c1-4-2-6(9(10)11)7(14(12)13)3-5(4)8/h2-3,14H,1H3. The van der Waals surface area contributed by atoms with Crippen LogP contribution in [0.25, 0.3) is 0 Å². The molecule has 0 heterocycles. The van der Waals surface area contributed by atoms with Crippen LogP contribution in [-0.4, -0.2) is 13.3 Å². The molecule has 0 spiro atoms. The van der Waals surface area contributed by atoms with Crippen LogP contribution >= 0.6 is 11.6 Å². The number of nitrogens with zero attached hydrogens (tertiary/aromatic N) is 1. The molecule has 14 heavy (non-hydrogen) atoms. The number of rotatable bonds is 2. The van der Waals surface area contributed by atoms with Crippen molar-refractivity contribution in [1.29, 1.82) is 0 Å². The van der Waals surface area contributed by atoms with Crippen LogP contribution in [0.4, 0.5) is 5.69 Å². The van der Waals surface area contributed by atoms with Crippen molar-refractivity contribution in [1.82, 2.24) is 0 Å². The molecule has 0 aliphatic carbocycles. The van der Waals surface area contributed by atoms with Crippen molar-refractivity contribution in [2.24, 2.45) is 0 Å². The summed E-state index contributed by atoms with van der Waals surface area (Å²) in [6, 6.07) is 2.23. The van der Waals surface area contributed by atoms with E-state index in [9.17, 15) is 18.5 Å². The van der Waals surface area contributed by atoms with Crippen LogP contribution in [0.3, 0.4) is 0 Å². The molecule has 0 saturated carbocycles. The van der Waals surface area contributed by atoms with Gasteiger partial charge in [-0.25, -0.2) is 8.42 Å². The van der Waals surface area contributed by atoms with Gasteiger partial charge in [0, 0.05) is 11.1 Å². The van der Waals surface area contributed by atoms with Gasteiger partial charge in [0.25, 0.3) is 5.69 Å². The van der Waals surface area contributed by atoms with E-state index in [2.05, 4.69) is 0 Å². The highest BCUT2D eigenvalue weighted by Gasteiger charge is 2.17. The minimum absolute atomic E-state index is 0.199. The number of hydrogen-bond donors (Lipinski definition) is 1. The third kappa shape index (κ3) is 2.02. The molecule has 0 aliphatic heterocycles. The van der Waals surface area contributed by atoms with Crippen LogP contribution in [0.2, 0.25) is 5.02 Å². The summed E-state index contributed by atoms with van der Waals surface area (Å²) in [7, 11) is -3.00. The second kappa shape index (κ2) is 3.93. The van der Waals surface area contributed by atoms with E-state index in [1.165, 1.54) is 0 Å². The molecule has 0 aromatic heterocycles. The summed E-state index contributed by atoms with van der Waals surface area (Å²) in [4.78, 5) is 9.38. The number of aryl methyl sites for hydroxylation is 1. The number of nitro groups is 1. The lowest BCUT2D eigenvalue weighted by atomic mass is 10.2. The quantitative estimate of drug-likeness (QED) is 0.479. The Morgan fingerprint density at radius 2 is 2.00 bits per heavy atom. The summed E-state index contributed by atoms with van der Waals surface area (Å²) in [6.07, 6.45) is 0. The van der Waals surface area contributed by atoms with Crippen molar-refractivity contribution in [3.05, 3.63) is 32.8 Å². The van der Waals surface area contributed by atoms with Gasteiger partial charge in [0.2, 0.25) is 0 Å². The van der Waals surface area contributed by atoms with Gasteiger partial charge in [0.1, 0.15) is 4.90 Å². The Labute approximate surface area is 86.4 Å². The van der Waals surface area contributed by atoms with Crippen molar-refractivity contribution < 1.29 is 13.3 Å². The average Bonchev–Trinajstić information content (AvgIpc) is 2.08. The molecule has 76 valence electrons. The van der Waals surface area contributed by atoms with E-state index >= 15 is 0 Å². The van der Waals surface area contributed by atoms with Crippen molar-refractivity contribution in [3.8, 4) is 0 Å². The molecule has 1 rings (SSSR count). The maximum absolute atomic E-state index is 10.7. The fourth-order valence-corrected chi connectivity index (χ4v) is 1.76. The fraction of sp³-hybridized carbons (Fsp3) is 0.143. The molecule has 0 atom stereocenters.